The summed E-state index contributed by atoms with van der Waals surface area (Å²) in [5.41, 5.74) is 1.56. The summed E-state index contributed by atoms with van der Waals surface area (Å²) in [6.07, 6.45) is -0.520. The minimum atomic E-state index is -0.520. The van der Waals surface area contributed by atoms with Crippen molar-refractivity contribution in [1.82, 2.24) is 10.2 Å². The first-order valence-electron chi connectivity index (χ1n) is 7.72. The SMILES string of the molecule is CCN(Cc1ccc(Cl)s1)C(=O)NCc1ccc(NC(=O)OC)cc1. The van der Waals surface area contributed by atoms with Gasteiger partial charge in [-0.15, -0.1) is 11.3 Å². The lowest BCUT2D eigenvalue weighted by molar-refractivity contribution is 0.187. The highest BCUT2D eigenvalue weighted by atomic mass is 35.5. The van der Waals surface area contributed by atoms with Crippen molar-refractivity contribution in [3.8, 4) is 0 Å². The van der Waals surface area contributed by atoms with Gasteiger partial charge >= 0.3 is 12.1 Å². The molecule has 0 unspecified atom stereocenters. The maximum Gasteiger partial charge on any atom is 0.411 e. The van der Waals surface area contributed by atoms with Crippen LogP contribution in [0.3, 0.4) is 0 Å². The maximum atomic E-state index is 12.3. The van der Waals surface area contributed by atoms with Crippen molar-refractivity contribution in [1.29, 1.82) is 0 Å². The van der Waals surface area contributed by atoms with Crippen LogP contribution in [0, 0.1) is 0 Å². The van der Waals surface area contributed by atoms with Crippen LogP contribution in [0.4, 0.5) is 15.3 Å². The molecule has 0 fully saturated rings. The Balaban J connectivity index is 1.86. The lowest BCUT2D eigenvalue weighted by Gasteiger charge is -2.20. The number of benzene rings is 1. The van der Waals surface area contributed by atoms with E-state index in [1.807, 2.05) is 31.2 Å². The standard InChI is InChI=1S/C17H20ClN3O3S/c1-3-21(11-14-8-9-15(18)25-14)16(22)19-10-12-4-6-13(7-5-12)20-17(23)24-2/h4-9H,3,10-11H2,1-2H3,(H,19,22)(H,20,23). The summed E-state index contributed by atoms with van der Waals surface area (Å²) in [5, 5.41) is 5.47. The highest BCUT2D eigenvalue weighted by Gasteiger charge is 2.13. The Kier molecular flexibility index (Phi) is 7.09. The third-order valence-corrected chi connectivity index (χ3v) is 4.69. The molecule has 0 aliphatic carbocycles. The molecule has 25 heavy (non-hydrogen) atoms. The van der Waals surface area contributed by atoms with E-state index in [4.69, 9.17) is 11.6 Å². The molecule has 0 saturated heterocycles. The van der Waals surface area contributed by atoms with E-state index in [2.05, 4.69) is 15.4 Å². The highest BCUT2D eigenvalue weighted by molar-refractivity contribution is 7.16. The second kappa shape index (κ2) is 9.29. The maximum absolute atomic E-state index is 12.3. The predicted octanol–water partition coefficient (Wildman–Crippen LogP) is 4.31. The molecule has 6 nitrogen and oxygen atoms in total. The van der Waals surface area contributed by atoms with Gasteiger partial charge in [-0.25, -0.2) is 9.59 Å². The van der Waals surface area contributed by atoms with Crippen LogP contribution in [-0.4, -0.2) is 30.7 Å². The molecule has 0 spiro atoms. The largest absolute Gasteiger partial charge is 0.453 e. The Morgan fingerprint density at radius 1 is 1.20 bits per heavy atom. The van der Waals surface area contributed by atoms with E-state index in [0.29, 0.717) is 29.7 Å². The molecular formula is C17H20ClN3O3S. The first-order chi connectivity index (χ1) is 12.0. The van der Waals surface area contributed by atoms with E-state index in [-0.39, 0.29) is 6.03 Å². The predicted molar refractivity (Wildman–Crippen MR) is 100 cm³/mol. The molecule has 2 N–H and O–H groups in total. The van der Waals surface area contributed by atoms with E-state index in [1.165, 1.54) is 18.4 Å². The van der Waals surface area contributed by atoms with Gasteiger partial charge in [-0.3, -0.25) is 5.32 Å². The molecule has 1 aromatic carbocycles. The summed E-state index contributed by atoms with van der Waals surface area (Å²) in [5.74, 6) is 0. The Hall–Kier alpha value is -2.25. The molecule has 134 valence electrons. The van der Waals surface area contributed by atoms with Crippen LogP contribution in [0.15, 0.2) is 36.4 Å². The molecule has 1 heterocycles. The summed E-state index contributed by atoms with van der Waals surface area (Å²) >= 11 is 7.40. The van der Waals surface area contributed by atoms with E-state index in [0.717, 1.165) is 10.4 Å². The third kappa shape index (κ3) is 5.95. The number of hydrogen-bond acceptors (Lipinski definition) is 4. The van der Waals surface area contributed by atoms with Crippen molar-refractivity contribution in [2.45, 2.75) is 20.0 Å². The van der Waals surface area contributed by atoms with Gasteiger partial charge in [0.25, 0.3) is 0 Å². The summed E-state index contributed by atoms with van der Waals surface area (Å²) < 4.78 is 5.25. The number of carbonyl (C=O) groups excluding carboxylic acids is 2. The molecule has 0 aliphatic heterocycles. The first kappa shape index (κ1) is 19.1. The van der Waals surface area contributed by atoms with E-state index >= 15 is 0 Å². The second-order valence-electron chi connectivity index (χ2n) is 5.19. The van der Waals surface area contributed by atoms with Crippen LogP contribution >= 0.6 is 22.9 Å². The van der Waals surface area contributed by atoms with E-state index in [1.54, 1.807) is 17.0 Å². The average Bonchev–Trinajstić information content (AvgIpc) is 3.03. The zero-order valence-corrected chi connectivity index (χ0v) is 15.6. The fourth-order valence-electron chi connectivity index (χ4n) is 2.12. The Bertz CT molecular complexity index is 718. The molecule has 0 atom stereocenters. The number of rotatable bonds is 6. The van der Waals surface area contributed by atoms with Crippen molar-refractivity contribution in [3.05, 3.63) is 51.2 Å². The van der Waals surface area contributed by atoms with Crippen molar-refractivity contribution >= 4 is 40.7 Å². The second-order valence-corrected chi connectivity index (χ2v) is 6.99. The molecular weight excluding hydrogens is 362 g/mol. The van der Waals surface area contributed by atoms with Gasteiger partial charge < -0.3 is 15.0 Å². The Morgan fingerprint density at radius 2 is 1.92 bits per heavy atom. The number of anilines is 1. The highest BCUT2D eigenvalue weighted by Crippen LogP contribution is 2.22. The number of urea groups is 1. The van der Waals surface area contributed by atoms with Gasteiger partial charge in [-0.2, -0.15) is 0 Å². The number of hydrogen-bond donors (Lipinski definition) is 2. The molecule has 2 rings (SSSR count). The summed E-state index contributed by atoms with van der Waals surface area (Å²) in [6, 6.07) is 10.8. The number of ether oxygens (including phenoxy) is 1. The molecule has 3 amide bonds. The molecule has 2 aromatic rings. The van der Waals surface area contributed by atoms with Crippen molar-refractivity contribution in [3.63, 3.8) is 0 Å². The van der Waals surface area contributed by atoms with E-state index < -0.39 is 6.09 Å². The quantitative estimate of drug-likeness (QED) is 0.783. The number of nitrogens with zero attached hydrogens (tertiary/aromatic N) is 1. The van der Waals surface area contributed by atoms with Crippen molar-refractivity contribution in [2.24, 2.45) is 0 Å². The van der Waals surface area contributed by atoms with Gasteiger partial charge in [-0.1, -0.05) is 23.7 Å². The first-order valence-corrected chi connectivity index (χ1v) is 8.92. The van der Waals surface area contributed by atoms with Gasteiger partial charge in [0.1, 0.15) is 0 Å². The Morgan fingerprint density at radius 3 is 2.48 bits per heavy atom. The summed E-state index contributed by atoms with van der Waals surface area (Å²) in [7, 11) is 1.31. The minimum Gasteiger partial charge on any atom is -0.453 e. The van der Waals surface area contributed by atoms with Gasteiger partial charge in [0.15, 0.2) is 0 Å². The minimum absolute atomic E-state index is 0.135. The monoisotopic (exact) mass is 381 g/mol. The number of nitrogens with one attached hydrogen (secondary N) is 2. The van der Waals surface area contributed by atoms with Crippen LogP contribution in [0.5, 0.6) is 0 Å². The summed E-state index contributed by atoms with van der Waals surface area (Å²) in [6.45, 7) is 3.46. The van der Waals surface area contributed by atoms with Crippen molar-refractivity contribution < 1.29 is 14.3 Å². The van der Waals surface area contributed by atoms with Crippen LogP contribution in [-0.2, 0) is 17.8 Å². The third-order valence-electron chi connectivity index (χ3n) is 3.47. The van der Waals surface area contributed by atoms with Gasteiger partial charge in [0, 0.05) is 23.7 Å². The molecule has 0 saturated carbocycles. The molecule has 0 aliphatic rings. The average molecular weight is 382 g/mol. The Labute approximate surface area is 155 Å². The topological polar surface area (TPSA) is 70.7 Å². The number of halogens is 1. The smallest absolute Gasteiger partial charge is 0.411 e. The lowest BCUT2D eigenvalue weighted by atomic mass is 10.2. The number of methoxy groups -OCH3 is 1. The lowest BCUT2D eigenvalue weighted by Crippen LogP contribution is -2.38. The molecule has 0 bridgehead atoms. The van der Waals surface area contributed by atoms with E-state index in [9.17, 15) is 9.59 Å². The fourth-order valence-corrected chi connectivity index (χ4v) is 3.22. The number of amides is 3. The van der Waals surface area contributed by atoms with Crippen LogP contribution in [0.1, 0.15) is 17.4 Å². The zero-order valence-electron chi connectivity index (χ0n) is 14.0. The zero-order chi connectivity index (χ0) is 18.2. The van der Waals surface area contributed by atoms with Gasteiger partial charge in [0.2, 0.25) is 0 Å². The van der Waals surface area contributed by atoms with Crippen LogP contribution in [0.25, 0.3) is 0 Å². The normalized spacial score (nSPS) is 10.2. The van der Waals surface area contributed by atoms with Gasteiger partial charge in [-0.05, 0) is 36.8 Å². The van der Waals surface area contributed by atoms with Crippen LogP contribution < -0.4 is 10.6 Å². The number of thiophene rings is 1. The summed E-state index contributed by atoms with van der Waals surface area (Å²) in [4.78, 5) is 26.2. The number of carbonyl (C=O) groups is 2. The fraction of sp³-hybridized carbons (Fsp3) is 0.294. The molecule has 1 aromatic heterocycles. The van der Waals surface area contributed by atoms with Crippen LogP contribution in [0.2, 0.25) is 4.34 Å². The molecule has 0 radical (unpaired) electrons. The molecule has 8 heteroatoms. The van der Waals surface area contributed by atoms with Gasteiger partial charge in [0.05, 0.1) is 18.0 Å². The van der Waals surface area contributed by atoms with Crippen molar-refractivity contribution in [2.75, 3.05) is 19.0 Å².